The van der Waals surface area contributed by atoms with Crippen LogP contribution in [0.4, 0.5) is 4.39 Å². The first-order valence-corrected chi connectivity index (χ1v) is 9.97. The van der Waals surface area contributed by atoms with Gasteiger partial charge in [-0.25, -0.2) is 4.39 Å². The van der Waals surface area contributed by atoms with Crippen LogP contribution < -0.4 is 0 Å². The lowest BCUT2D eigenvalue weighted by atomic mass is 10.1. The lowest BCUT2D eigenvalue weighted by Gasteiger charge is -2.17. The van der Waals surface area contributed by atoms with Gasteiger partial charge in [-0.1, -0.05) is 24.6 Å². The summed E-state index contributed by atoms with van der Waals surface area (Å²) >= 11 is 0. The van der Waals surface area contributed by atoms with E-state index in [1.165, 1.54) is 12.1 Å². The maximum Gasteiger partial charge on any atom is 0.226 e. The van der Waals surface area contributed by atoms with E-state index >= 15 is 0 Å². The van der Waals surface area contributed by atoms with Gasteiger partial charge in [0, 0.05) is 36.7 Å². The summed E-state index contributed by atoms with van der Waals surface area (Å²) in [6.45, 7) is 2.68. The highest BCUT2D eigenvalue weighted by Crippen LogP contribution is 2.19. The lowest BCUT2D eigenvalue weighted by Crippen LogP contribution is -2.29. The van der Waals surface area contributed by atoms with Crippen molar-refractivity contribution in [3.63, 3.8) is 0 Å². The van der Waals surface area contributed by atoms with E-state index in [1.807, 2.05) is 38.2 Å². The third-order valence-corrected chi connectivity index (χ3v) is 4.94. The molecule has 1 aromatic carbocycles. The number of likely N-dealkylation sites (N-methyl/N-ethyl adjacent to an activating group) is 1. The van der Waals surface area contributed by atoms with Crippen LogP contribution >= 0.6 is 0 Å². The van der Waals surface area contributed by atoms with Crippen molar-refractivity contribution >= 4 is 5.91 Å². The van der Waals surface area contributed by atoms with Gasteiger partial charge in [0.05, 0.1) is 12.1 Å². The predicted octanol–water partition coefficient (Wildman–Crippen LogP) is 4.33. The number of amides is 1. The van der Waals surface area contributed by atoms with E-state index in [-0.39, 0.29) is 11.7 Å². The summed E-state index contributed by atoms with van der Waals surface area (Å²) in [4.78, 5) is 18.3. The Morgan fingerprint density at radius 2 is 2.00 bits per heavy atom. The van der Waals surface area contributed by atoms with E-state index in [1.54, 1.807) is 17.2 Å². The average molecular weight is 394 g/mol. The normalized spacial score (nSPS) is 10.9. The van der Waals surface area contributed by atoms with Crippen LogP contribution in [0.1, 0.15) is 36.2 Å². The molecule has 29 heavy (non-hydrogen) atoms. The summed E-state index contributed by atoms with van der Waals surface area (Å²) in [5, 5.41) is 7.30. The Morgan fingerprint density at radius 3 is 2.76 bits per heavy atom. The molecular weight excluding hydrogens is 367 g/mol. The molecule has 0 bridgehead atoms. The molecule has 6 heteroatoms. The maximum atomic E-state index is 13.3. The van der Waals surface area contributed by atoms with Crippen molar-refractivity contribution in [1.29, 1.82) is 0 Å². The van der Waals surface area contributed by atoms with Gasteiger partial charge in [0.2, 0.25) is 5.91 Å². The lowest BCUT2D eigenvalue weighted by molar-refractivity contribution is -0.129. The quantitative estimate of drug-likeness (QED) is 0.550. The van der Waals surface area contributed by atoms with Gasteiger partial charge in [0.25, 0.3) is 0 Å². The molecule has 0 unspecified atom stereocenters. The number of benzene rings is 1. The summed E-state index contributed by atoms with van der Waals surface area (Å²) in [6, 6.07) is 12.3. The van der Waals surface area contributed by atoms with Crippen molar-refractivity contribution in [1.82, 2.24) is 20.1 Å². The highest BCUT2D eigenvalue weighted by molar-refractivity contribution is 5.78. The standard InChI is InChI=1S/C23H27FN4O/c1-17-10-11-18(16-25-17)13-23(29)28(2)12-5-3-4-9-21-15-22(27-26-21)19-7-6-8-20(24)14-19/h6-8,10-11,14-16H,3-5,9,12-13H2,1-2H3,(H,26,27). The second-order valence-corrected chi connectivity index (χ2v) is 7.40. The maximum absolute atomic E-state index is 13.3. The third kappa shape index (κ3) is 6.24. The van der Waals surface area contributed by atoms with Gasteiger partial charge in [0.15, 0.2) is 0 Å². The largest absolute Gasteiger partial charge is 0.345 e. The highest BCUT2D eigenvalue weighted by Gasteiger charge is 2.10. The number of carbonyl (C=O) groups is 1. The van der Waals surface area contributed by atoms with E-state index < -0.39 is 0 Å². The Kier molecular flexibility index (Phi) is 7.11. The van der Waals surface area contributed by atoms with Crippen molar-refractivity contribution in [3.05, 3.63) is 71.4 Å². The number of H-pyrrole nitrogens is 1. The molecule has 0 saturated heterocycles. The van der Waals surface area contributed by atoms with Crippen molar-refractivity contribution in [3.8, 4) is 11.3 Å². The minimum absolute atomic E-state index is 0.115. The molecule has 0 radical (unpaired) electrons. The van der Waals surface area contributed by atoms with Gasteiger partial charge in [-0.2, -0.15) is 5.10 Å². The van der Waals surface area contributed by atoms with Crippen molar-refractivity contribution in [2.75, 3.05) is 13.6 Å². The zero-order valence-electron chi connectivity index (χ0n) is 17.0. The minimum Gasteiger partial charge on any atom is -0.345 e. The predicted molar refractivity (Wildman–Crippen MR) is 112 cm³/mol. The number of halogens is 1. The van der Waals surface area contributed by atoms with Gasteiger partial charge in [-0.3, -0.25) is 14.9 Å². The Labute approximate surface area is 171 Å². The van der Waals surface area contributed by atoms with Crippen LogP contribution in [0.2, 0.25) is 0 Å². The molecule has 1 amide bonds. The number of nitrogens with one attached hydrogen (secondary N) is 1. The number of aromatic amines is 1. The van der Waals surface area contributed by atoms with Crippen LogP contribution in [0.5, 0.6) is 0 Å². The molecule has 3 aromatic rings. The molecule has 0 aliphatic heterocycles. The van der Waals surface area contributed by atoms with Crippen LogP contribution in [0.15, 0.2) is 48.7 Å². The number of hydrogen-bond acceptors (Lipinski definition) is 3. The number of nitrogens with zero attached hydrogens (tertiary/aromatic N) is 3. The number of carbonyl (C=O) groups excluding carboxylic acids is 1. The molecule has 0 atom stereocenters. The van der Waals surface area contributed by atoms with Crippen molar-refractivity contribution in [2.24, 2.45) is 0 Å². The smallest absolute Gasteiger partial charge is 0.226 e. The van der Waals surface area contributed by atoms with Gasteiger partial charge < -0.3 is 4.90 Å². The Hall–Kier alpha value is -3.02. The minimum atomic E-state index is -0.260. The van der Waals surface area contributed by atoms with E-state index in [0.29, 0.717) is 6.42 Å². The molecule has 0 aliphatic rings. The summed E-state index contributed by atoms with van der Waals surface area (Å²) in [6.07, 6.45) is 6.03. The molecule has 2 heterocycles. The molecule has 0 saturated carbocycles. The van der Waals surface area contributed by atoms with Gasteiger partial charge in [0.1, 0.15) is 5.82 Å². The number of unbranched alkanes of at least 4 members (excludes halogenated alkanes) is 2. The van der Waals surface area contributed by atoms with Crippen molar-refractivity contribution in [2.45, 2.75) is 39.0 Å². The van der Waals surface area contributed by atoms with E-state index in [0.717, 1.165) is 60.4 Å². The zero-order valence-corrected chi connectivity index (χ0v) is 17.0. The number of rotatable bonds is 9. The van der Waals surface area contributed by atoms with Crippen LogP contribution in [0.3, 0.4) is 0 Å². The summed E-state index contributed by atoms with van der Waals surface area (Å²) < 4.78 is 13.3. The third-order valence-electron chi connectivity index (χ3n) is 4.94. The molecule has 5 nitrogen and oxygen atoms in total. The Bertz CT molecular complexity index is 936. The van der Waals surface area contributed by atoms with Crippen LogP contribution in [-0.4, -0.2) is 39.6 Å². The first-order chi connectivity index (χ1) is 14.0. The highest BCUT2D eigenvalue weighted by atomic mass is 19.1. The average Bonchev–Trinajstić information content (AvgIpc) is 3.18. The van der Waals surface area contributed by atoms with Crippen LogP contribution in [0.25, 0.3) is 11.3 Å². The van der Waals surface area contributed by atoms with Gasteiger partial charge >= 0.3 is 0 Å². The first-order valence-electron chi connectivity index (χ1n) is 9.97. The summed E-state index contributed by atoms with van der Waals surface area (Å²) in [5.74, 6) is -0.145. The number of aryl methyl sites for hydroxylation is 2. The number of hydrogen-bond donors (Lipinski definition) is 1. The number of pyridine rings is 1. The molecule has 0 fully saturated rings. The van der Waals surface area contributed by atoms with E-state index in [2.05, 4.69) is 15.2 Å². The molecule has 3 rings (SSSR count). The topological polar surface area (TPSA) is 61.9 Å². The molecular formula is C23H27FN4O. The first kappa shape index (κ1) is 20.7. The Morgan fingerprint density at radius 1 is 1.14 bits per heavy atom. The van der Waals surface area contributed by atoms with E-state index in [4.69, 9.17) is 0 Å². The fraction of sp³-hybridized carbons (Fsp3) is 0.348. The van der Waals surface area contributed by atoms with E-state index in [9.17, 15) is 9.18 Å². The zero-order chi connectivity index (χ0) is 20.6. The van der Waals surface area contributed by atoms with Crippen LogP contribution in [0, 0.1) is 12.7 Å². The van der Waals surface area contributed by atoms with Crippen molar-refractivity contribution < 1.29 is 9.18 Å². The fourth-order valence-electron chi connectivity index (χ4n) is 3.16. The van der Waals surface area contributed by atoms with Gasteiger partial charge in [-0.05, 0) is 56.0 Å². The molecule has 152 valence electrons. The Balaban J connectivity index is 1.36. The molecule has 1 N–H and O–H groups in total. The van der Waals surface area contributed by atoms with Crippen LogP contribution in [-0.2, 0) is 17.6 Å². The summed E-state index contributed by atoms with van der Waals surface area (Å²) in [7, 11) is 1.85. The fourth-order valence-corrected chi connectivity index (χ4v) is 3.16. The molecule has 2 aromatic heterocycles. The SMILES string of the molecule is Cc1ccc(CC(=O)N(C)CCCCCc2cc(-c3cccc(F)c3)n[nH]2)cn1. The summed E-state index contributed by atoms with van der Waals surface area (Å²) in [5.41, 5.74) is 4.48. The monoisotopic (exact) mass is 394 g/mol. The second kappa shape index (κ2) is 9.96. The molecule has 0 spiro atoms. The van der Waals surface area contributed by atoms with Gasteiger partial charge in [-0.15, -0.1) is 0 Å². The molecule has 0 aliphatic carbocycles. The number of aromatic nitrogens is 3. The second-order valence-electron chi connectivity index (χ2n) is 7.40.